The Morgan fingerprint density at radius 3 is 2.16 bits per heavy atom. The number of anilines is 1. The molecule has 4 rings (SSSR count). The van der Waals surface area contributed by atoms with Crippen molar-refractivity contribution >= 4 is 56.7 Å². The Hall–Kier alpha value is -3.29. The zero-order valence-electron chi connectivity index (χ0n) is 15.8. The fourth-order valence-electron chi connectivity index (χ4n) is 3.23. The number of hydrogen-bond donors (Lipinski definition) is 1. The highest BCUT2D eigenvalue weighted by Gasteiger charge is 2.30. The molecule has 0 saturated carbocycles. The minimum Gasteiger partial charge on any atom is -0.452 e. The number of rotatable bonds is 4. The number of esters is 1. The van der Waals surface area contributed by atoms with Gasteiger partial charge in [0.2, 0.25) is 0 Å². The number of ketones is 2. The van der Waals surface area contributed by atoms with Gasteiger partial charge >= 0.3 is 5.97 Å². The van der Waals surface area contributed by atoms with Crippen LogP contribution in [0.5, 0.6) is 0 Å². The van der Waals surface area contributed by atoms with Crippen LogP contribution >= 0.6 is 27.5 Å². The zero-order valence-corrected chi connectivity index (χ0v) is 18.1. The average Bonchev–Trinajstić information content (AvgIpc) is 2.77. The fourth-order valence-corrected chi connectivity index (χ4v) is 3.84. The lowest BCUT2D eigenvalue weighted by Crippen LogP contribution is -2.23. The summed E-state index contributed by atoms with van der Waals surface area (Å²) in [6.45, 7) is -0.547. The third-order valence-electron chi connectivity index (χ3n) is 4.68. The summed E-state index contributed by atoms with van der Waals surface area (Å²) in [5, 5.41) is 2.61. The van der Waals surface area contributed by atoms with Crippen molar-refractivity contribution in [3.05, 3.63) is 98.0 Å². The molecule has 1 N–H and O–H groups in total. The quantitative estimate of drug-likeness (QED) is 0.413. The molecule has 0 aromatic heterocycles. The summed E-state index contributed by atoms with van der Waals surface area (Å²) in [6.07, 6.45) is 0. The summed E-state index contributed by atoms with van der Waals surface area (Å²) in [4.78, 5) is 49.9. The van der Waals surface area contributed by atoms with Crippen LogP contribution in [0.3, 0.4) is 0 Å². The van der Waals surface area contributed by atoms with E-state index in [2.05, 4.69) is 21.2 Å². The molecule has 1 aliphatic carbocycles. The molecule has 1 aliphatic rings. The van der Waals surface area contributed by atoms with Crippen LogP contribution in [0.4, 0.5) is 5.69 Å². The second-order valence-corrected chi connectivity index (χ2v) is 8.04. The monoisotopic (exact) mass is 497 g/mol. The number of benzene rings is 3. The van der Waals surface area contributed by atoms with E-state index in [1.54, 1.807) is 48.5 Å². The van der Waals surface area contributed by atoms with E-state index < -0.39 is 18.5 Å². The van der Waals surface area contributed by atoms with Crippen LogP contribution in [-0.2, 0) is 9.53 Å². The van der Waals surface area contributed by atoms with Gasteiger partial charge in [-0.05, 0) is 30.3 Å². The number of ether oxygens (including phenoxy) is 1. The van der Waals surface area contributed by atoms with Crippen molar-refractivity contribution in [3.63, 3.8) is 0 Å². The molecule has 31 heavy (non-hydrogen) atoms. The Kier molecular flexibility index (Phi) is 5.71. The number of halogens is 2. The summed E-state index contributed by atoms with van der Waals surface area (Å²) in [7, 11) is 0. The molecular formula is C23H13BrClNO5. The molecule has 0 fully saturated rings. The van der Waals surface area contributed by atoms with Crippen molar-refractivity contribution < 1.29 is 23.9 Å². The highest BCUT2D eigenvalue weighted by atomic mass is 79.9. The molecular weight excluding hydrogens is 486 g/mol. The molecule has 154 valence electrons. The maximum absolute atomic E-state index is 12.8. The molecule has 0 heterocycles. The fraction of sp³-hybridized carbons (Fsp3) is 0.0435. The highest BCUT2D eigenvalue weighted by molar-refractivity contribution is 9.10. The second kappa shape index (κ2) is 8.45. The Balaban J connectivity index is 1.51. The lowest BCUT2D eigenvalue weighted by atomic mass is 9.84. The second-order valence-electron chi connectivity index (χ2n) is 6.72. The first-order chi connectivity index (χ1) is 14.8. The molecule has 3 aromatic carbocycles. The van der Waals surface area contributed by atoms with E-state index in [1.807, 2.05) is 0 Å². The number of nitrogens with one attached hydrogen (secondary N) is 1. The van der Waals surface area contributed by atoms with Crippen molar-refractivity contribution in [2.75, 3.05) is 11.9 Å². The van der Waals surface area contributed by atoms with E-state index in [0.29, 0.717) is 15.6 Å². The van der Waals surface area contributed by atoms with Gasteiger partial charge in [-0.15, -0.1) is 0 Å². The van der Waals surface area contributed by atoms with Crippen LogP contribution in [0.25, 0.3) is 0 Å². The third-order valence-corrected chi connectivity index (χ3v) is 5.49. The van der Waals surface area contributed by atoms with Crippen molar-refractivity contribution in [1.82, 2.24) is 0 Å². The van der Waals surface area contributed by atoms with Gasteiger partial charge in [0.15, 0.2) is 18.2 Å². The topological polar surface area (TPSA) is 89.5 Å². The Labute approximate surface area is 190 Å². The molecule has 0 atom stereocenters. The van der Waals surface area contributed by atoms with Gasteiger partial charge < -0.3 is 10.1 Å². The molecule has 8 heteroatoms. The van der Waals surface area contributed by atoms with E-state index in [4.69, 9.17) is 16.3 Å². The summed E-state index contributed by atoms with van der Waals surface area (Å²) in [6, 6.07) is 15.8. The summed E-state index contributed by atoms with van der Waals surface area (Å²) < 4.78 is 5.72. The minimum absolute atomic E-state index is 0.0888. The van der Waals surface area contributed by atoms with Crippen LogP contribution in [-0.4, -0.2) is 30.0 Å². The van der Waals surface area contributed by atoms with Gasteiger partial charge in [0.05, 0.1) is 16.3 Å². The lowest BCUT2D eigenvalue weighted by Gasteiger charge is -2.19. The van der Waals surface area contributed by atoms with Crippen molar-refractivity contribution in [1.29, 1.82) is 0 Å². The smallest absolute Gasteiger partial charge is 0.338 e. The van der Waals surface area contributed by atoms with Crippen LogP contribution in [0.2, 0.25) is 5.02 Å². The number of fused-ring (bicyclic) bond motifs is 2. The van der Waals surface area contributed by atoms with E-state index in [9.17, 15) is 19.2 Å². The maximum atomic E-state index is 12.8. The summed E-state index contributed by atoms with van der Waals surface area (Å²) in [5.41, 5.74) is 1.36. The van der Waals surface area contributed by atoms with Crippen LogP contribution < -0.4 is 5.32 Å². The van der Waals surface area contributed by atoms with Gasteiger partial charge in [0, 0.05) is 26.7 Å². The van der Waals surface area contributed by atoms with Crippen molar-refractivity contribution in [2.24, 2.45) is 0 Å². The van der Waals surface area contributed by atoms with E-state index >= 15 is 0 Å². The van der Waals surface area contributed by atoms with Gasteiger partial charge in [0.1, 0.15) is 0 Å². The number of amides is 1. The van der Waals surface area contributed by atoms with Crippen LogP contribution in [0.15, 0.2) is 65.1 Å². The minimum atomic E-state index is -0.662. The molecule has 0 bridgehead atoms. The third kappa shape index (κ3) is 4.15. The predicted octanol–water partition coefficient (Wildman–Crippen LogP) is 4.67. The SMILES string of the molecule is O=C(COC(=O)c1cccc(Br)c1)Nc1cc2c(cc1Cl)C(=O)c1ccccc1C2=O. The zero-order chi connectivity index (χ0) is 22.1. The molecule has 6 nitrogen and oxygen atoms in total. The van der Waals surface area contributed by atoms with Crippen molar-refractivity contribution in [3.8, 4) is 0 Å². The average molecular weight is 499 g/mol. The molecule has 0 unspecified atom stereocenters. The van der Waals surface area contributed by atoms with Crippen LogP contribution in [0.1, 0.15) is 42.2 Å². The first-order valence-corrected chi connectivity index (χ1v) is 10.3. The van der Waals surface area contributed by atoms with E-state index in [0.717, 1.165) is 0 Å². The van der Waals surface area contributed by atoms with E-state index in [1.165, 1.54) is 12.1 Å². The first kappa shape index (κ1) is 21.0. The number of carbonyl (C=O) groups is 4. The molecule has 0 spiro atoms. The molecule has 0 aliphatic heterocycles. The standard InChI is InChI=1S/C23H13BrClNO5/c24-13-5-3-4-12(8-13)23(30)31-11-20(27)26-19-10-17-16(9-18(19)25)21(28)14-6-1-2-7-15(14)22(17)29/h1-10H,11H2,(H,26,27). The molecule has 0 saturated heterocycles. The Bertz CT molecular complexity index is 1270. The maximum Gasteiger partial charge on any atom is 0.338 e. The predicted molar refractivity (Wildman–Crippen MR) is 118 cm³/mol. The number of carbonyl (C=O) groups excluding carboxylic acids is 4. The Morgan fingerprint density at radius 2 is 1.52 bits per heavy atom. The first-order valence-electron chi connectivity index (χ1n) is 9.09. The summed E-state index contributed by atoms with van der Waals surface area (Å²) >= 11 is 9.49. The molecule has 1 amide bonds. The van der Waals surface area contributed by atoms with E-state index in [-0.39, 0.29) is 39.0 Å². The normalized spacial score (nSPS) is 12.1. The van der Waals surface area contributed by atoms with Gasteiger partial charge in [-0.25, -0.2) is 4.79 Å². The lowest BCUT2D eigenvalue weighted by molar-refractivity contribution is -0.119. The van der Waals surface area contributed by atoms with Gasteiger partial charge in [-0.2, -0.15) is 0 Å². The number of hydrogen-bond acceptors (Lipinski definition) is 5. The highest BCUT2D eigenvalue weighted by Crippen LogP contribution is 2.33. The van der Waals surface area contributed by atoms with Gasteiger partial charge in [0.25, 0.3) is 5.91 Å². The Morgan fingerprint density at radius 1 is 0.871 bits per heavy atom. The molecule has 0 radical (unpaired) electrons. The van der Waals surface area contributed by atoms with Gasteiger partial charge in [-0.1, -0.05) is 57.9 Å². The van der Waals surface area contributed by atoms with Crippen LogP contribution in [0, 0.1) is 0 Å². The molecule has 3 aromatic rings. The van der Waals surface area contributed by atoms with Crippen molar-refractivity contribution in [2.45, 2.75) is 0 Å². The largest absolute Gasteiger partial charge is 0.452 e. The van der Waals surface area contributed by atoms with Gasteiger partial charge in [-0.3, -0.25) is 14.4 Å². The summed E-state index contributed by atoms with van der Waals surface area (Å²) in [5.74, 6) is -1.95.